The Hall–Kier alpha value is -0.0800. The zero-order chi connectivity index (χ0) is 11.6. The minimum Gasteiger partial charge on any atom is -0.329 e. The summed E-state index contributed by atoms with van der Waals surface area (Å²) in [5.41, 5.74) is 6.24. The van der Waals surface area contributed by atoms with Crippen LogP contribution in [0.15, 0.2) is 0 Å². The molecular weight excluding hydrogens is 184 g/mol. The Bertz CT molecular complexity index is 195. The summed E-state index contributed by atoms with van der Waals surface area (Å²) in [7, 11) is 0. The summed E-state index contributed by atoms with van der Waals surface area (Å²) in [5, 5.41) is 0. The fourth-order valence-electron chi connectivity index (χ4n) is 2.87. The SMILES string of the molecule is CC1CCN(C(CN)C(C)(C)C)C(C)C1. The topological polar surface area (TPSA) is 29.3 Å². The second-order valence-electron chi connectivity index (χ2n) is 6.33. The number of hydrogen-bond acceptors (Lipinski definition) is 2. The first-order valence-electron chi connectivity index (χ1n) is 6.32. The van der Waals surface area contributed by atoms with Gasteiger partial charge in [0.1, 0.15) is 0 Å². The van der Waals surface area contributed by atoms with Gasteiger partial charge in [0.15, 0.2) is 0 Å². The van der Waals surface area contributed by atoms with Gasteiger partial charge in [-0.25, -0.2) is 0 Å². The maximum atomic E-state index is 5.94. The van der Waals surface area contributed by atoms with E-state index >= 15 is 0 Å². The lowest BCUT2D eigenvalue weighted by Crippen LogP contribution is -2.54. The lowest BCUT2D eigenvalue weighted by atomic mass is 9.82. The summed E-state index contributed by atoms with van der Waals surface area (Å²) < 4.78 is 0. The van der Waals surface area contributed by atoms with Crippen molar-refractivity contribution in [3.8, 4) is 0 Å². The average Bonchev–Trinajstić information content (AvgIpc) is 2.07. The van der Waals surface area contributed by atoms with Crippen LogP contribution in [0.2, 0.25) is 0 Å². The molecule has 1 aliphatic heterocycles. The molecule has 0 aromatic heterocycles. The molecule has 0 aromatic rings. The fourth-order valence-corrected chi connectivity index (χ4v) is 2.87. The van der Waals surface area contributed by atoms with E-state index in [1.165, 1.54) is 19.4 Å². The van der Waals surface area contributed by atoms with Crippen LogP contribution in [0.25, 0.3) is 0 Å². The molecular formula is C13H28N2. The molecule has 0 amide bonds. The molecule has 2 N–H and O–H groups in total. The van der Waals surface area contributed by atoms with Crippen molar-refractivity contribution >= 4 is 0 Å². The molecule has 0 saturated carbocycles. The average molecular weight is 212 g/mol. The van der Waals surface area contributed by atoms with Crippen LogP contribution < -0.4 is 5.73 Å². The fraction of sp³-hybridized carbons (Fsp3) is 1.00. The van der Waals surface area contributed by atoms with Crippen LogP contribution in [0.5, 0.6) is 0 Å². The Morgan fingerprint density at radius 2 is 1.93 bits per heavy atom. The van der Waals surface area contributed by atoms with Gasteiger partial charge in [-0.2, -0.15) is 0 Å². The molecule has 1 heterocycles. The van der Waals surface area contributed by atoms with E-state index in [-0.39, 0.29) is 0 Å². The molecule has 0 aliphatic carbocycles. The van der Waals surface area contributed by atoms with Gasteiger partial charge in [-0.15, -0.1) is 0 Å². The predicted molar refractivity (Wildman–Crippen MR) is 66.9 cm³/mol. The van der Waals surface area contributed by atoms with Crippen LogP contribution in [0, 0.1) is 11.3 Å². The lowest BCUT2D eigenvalue weighted by Gasteiger charge is -2.46. The van der Waals surface area contributed by atoms with E-state index in [0.717, 1.165) is 12.5 Å². The minimum atomic E-state index is 0.295. The Labute approximate surface area is 95.2 Å². The summed E-state index contributed by atoms with van der Waals surface area (Å²) in [6, 6.07) is 1.22. The molecule has 0 radical (unpaired) electrons. The van der Waals surface area contributed by atoms with E-state index in [1.807, 2.05) is 0 Å². The van der Waals surface area contributed by atoms with Crippen molar-refractivity contribution in [2.45, 2.75) is 59.5 Å². The van der Waals surface area contributed by atoms with E-state index in [9.17, 15) is 0 Å². The van der Waals surface area contributed by atoms with Gasteiger partial charge in [0, 0.05) is 18.6 Å². The summed E-state index contributed by atoms with van der Waals surface area (Å²) >= 11 is 0. The molecule has 0 spiro atoms. The molecule has 90 valence electrons. The minimum absolute atomic E-state index is 0.295. The standard InChI is InChI=1S/C13H28N2/c1-10-6-7-15(11(2)8-10)12(9-14)13(3,4)5/h10-12H,6-9,14H2,1-5H3. The molecule has 2 heteroatoms. The maximum absolute atomic E-state index is 5.94. The normalized spacial score (nSPS) is 31.6. The van der Waals surface area contributed by atoms with Crippen molar-refractivity contribution in [1.29, 1.82) is 0 Å². The highest BCUT2D eigenvalue weighted by Gasteiger charge is 2.34. The van der Waals surface area contributed by atoms with Gasteiger partial charge in [-0.1, -0.05) is 27.7 Å². The number of piperidine rings is 1. The van der Waals surface area contributed by atoms with Crippen LogP contribution in [0.3, 0.4) is 0 Å². The van der Waals surface area contributed by atoms with Gasteiger partial charge in [0.2, 0.25) is 0 Å². The monoisotopic (exact) mass is 212 g/mol. The van der Waals surface area contributed by atoms with Crippen LogP contribution in [-0.4, -0.2) is 30.1 Å². The third-order valence-electron chi connectivity index (χ3n) is 3.81. The quantitative estimate of drug-likeness (QED) is 0.762. The molecule has 15 heavy (non-hydrogen) atoms. The van der Waals surface area contributed by atoms with Crippen LogP contribution in [0.1, 0.15) is 47.5 Å². The Morgan fingerprint density at radius 3 is 2.33 bits per heavy atom. The highest BCUT2D eigenvalue weighted by Crippen LogP contribution is 2.31. The Kier molecular flexibility index (Phi) is 4.19. The van der Waals surface area contributed by atoms with Crippen LogP contribution >= 0.6 is 0 Å². The largest absolute Gasteiger partial charge is 0.329 e. The van der Waals surface area contributed by atoms with Crippen LogP contribution in [-0.2, 0) is 0 Å². The summed E-state index contributed by atoms with van der Waals surface area (Å²) in [4.78, 5) is 2.62. The maximum Gasteiger partial charge on any atom is 0.0269 e. The summed E-state index contributed by atoms with van der Waals surface area (Å²) in [5.74, 6) is 0.884. The van der Waals surface area contributed by atoms with Gasteiger partial charge in [0.05, 0.1) is 0 Å². The van der Waals surface area contributed by atoms with Crippen molar-refractivity contribution in [3.63, 3.8) is 0 Å². The molecule has 1 fully saturated rings. The number of rotatable bonds is 2. The van der Waals surface area contributed by atoms with Crippen LogP contribution in [0.4, 0.5) is 0 Å². The van der Waals surface area contributed by atoms with E-state index < -0.39 is 0 Å². The summed E-state index contributed by atoms with van der Waals surface area (Å²) in [6.07, 6.45) is 2.66. The second-order valence-corrected chi connectivity index (χ2v) is 6.33. The van der Waals surface area contributed by atoms with E-state index in [0.29, 0.717) is 17.5 Å². The van der Waals surface area contributed by atoms with Gasteiger partial charge >= 0.3 is 0 Å². The third-order valence-corrected chi connectivity index (χ3v) is 3.81. The third kappa shape index (κ3) is 3.18. The first kappa shape index (κ1) is 13.0. The van der Waals surface area contributed by atoms with Gasteiger partial charge in [-0.3, -0.25) is 4.90 Å². The smallest absolute Gasteiger partial charge is 0.0269 e. The molecule has 1 rings (SSSR count). The number of hydrogen-bond donors (Lipinski definition) is 1. The number of nitrogens with two attached hydrogens (primary N) is 1. The molecule has 3 atom stereocenters. The van der Waals surface area contributed by atoms with Gasteiger partial charge < -0.3 is 5.73 Å². The molecule has 0 aromatic carbocycles. The van der Waals surface area contributed by atoms with Crippen molar-refractivity contribution in [1.82, 2.24) is 4.90 Å². The van der Waals surface area contributed by atoms with Crippen molar-refractivity contribution in [3.05, 3.63) is 0 Å². The molecule has 1 aliphatic rings. The van der Waals surface area contributed by atoms with Crippen molar-refractivity contribution in [2.75, 3.05) is 13.1 Å². The first-order valence-corrected chi connectivity index (χ1v) is 6.32. The highest BCUT2D eigenvalue weighted by molar-refractivity contribution is 4.89. The van der Waals surface area contributed by atoms with E-state index in [1.54, 1.807) is 0 Å². The Morgan fingerprint density at radius 1 is 1.33 bits per heavy atom. The zero-order valence-electron chi connectivity index (χ0n) is 11.1. The molecule has 1 saturated heterocycles. The lowest BCUT2D eigenvalue weighted by molar-refractivity contribution is 0.0313. The molecule has 2 nitrogen and oxygen atoms in total. The van der Waals surface area contributed by atoms with Gasteiger partial charge in [0.25, 0.3) is 0 Å². The zero-order valence-corrected chi connectivity index (χ0v) is 11.1. The van der Waals surface area contributed by atoms with Crippen molar-refractivity contribution < 1.29 is 0 Å². The van der Waals surface area contributed by atoms with E-state index in [4.69, 9.17) is 5.73 Å². The van der Waals surface area contributed by atoms with Crippen molar-refractivity contribution in [2.24, 2.45) is 17.1 Å². The number of likely N-dealkylation sites (tertiary alicyclic amines) is 1. The molecule has 3 unspecified atom stereocenters. The highest BCUT2D eigenvalue weighted by atomic mass is 15.2. The number of nitrogens with zero attached hydrogens (tertiary/aromatic N) is 1. The second kappa shape index (κ2) is 4.84. The van der Waals surface area contributed by atoms with E-state index in [2.05, 4.69) is 39.5 Å². The van der Waals surface area contributed by atoms with Gasteiger partial charge in [-0.05, 0) is 37.6 Å². The molecule has 0 bridgehead atoms. The summed E-state index contributed by atoms with van der Waals surface area (Å²) in [6.45, 7) is 13.6. The Balaban J connectivity index is 2.68. The first-order chi connectivity index (χ1) is 6.86. The predicted octanol–water partition coefficient (Wildman–Crippen LogP) is 2.48.